The van der Waals surface area contributed by atoms with Crippen molar-refractivity contribution in [3.8, 4) is 0 Å². The van der Waals surface area contributed by atoms with Crippen LogP contribution in [0.4, 0.5) is 11.5 Å². The van der Waals surface area contributed by atoms with Gasteiger partial charge in [-0.05, 0) is 37.1 Å². The lowest BCUT2D eigenvalue weighted by atomic mass is 10.1. The van der Waals surface area contributed by atoms with Gasteiger partial charge in [0.05, 0.1) is 6.20 Å². The van der Waals surface area contributed by atoms with Crippen molar-refractivity contribution >= 4 is 28.2 Å². The topological polar surface area (TPSA) is 55.1 Å². The summed E-state index contributed by atoms with van der Waals surface area (Å²) in [5, 5.41) is 3.46. The van der Waals surface area contributed by atoms with Gasteiger partial charge in [0.25, 0.3) is 0 Å². The maximum atomic E-state index is 4.72. The van der Waals surface area contributed by atoms with Gasteiger partial charge in [-0.15, -0.1) is 0 Å². The van der Waals surface area contributed by atoms with Crippen LogP contribution in [0.15, 0.2) is 49.1 Å². The highest BCUT2D eigenvalue weighted by Crippen LogP contribution is 2.27. The molecule has 0 saturated carbocycles. The lowest BCUT2D eigenvalue weighted by molar-refractivity contribution is 1.14. The van der Waals surface area contributed by atoms with E-state index in [0.717, 1.165) is 28.2 Å². The quantitative estimate of drug-likeness (QED) is 0.612. The summed E-state index contributed by atoms with van der Waals surface area (Å²) in [7, 11) is 0. The number of benzene rings is 1. The van der Waals surface area contributed by atoms with Crippen molar-refractivity contribution in [3.63, 3.8) is 0 Å². The zero-order chi connectivity index (χ0) is 15.1. The van der Waals surface area contributed by atoms with Gasteiger partial charge in [-0.25, -0.2) is 15.0 Å². The van der Waals surface area contributed by atoms with Gasteiger partial charge in [0.15, 0.2) is 11.5 Å². The summed E-state index contributed by atoms with van der Waals surface area (Å²) in [5.74, 6) is 0.787. The van der Waals surface area contributed by atoms with E-state index in [1.54, 1.807) is 18.7 Å². The van der Waals surface area contributed by atoms with Crippen molar-refractivity contribution in [3.05, 3.63) is 60.2 Å². The van der Waals surface area contributed by atoms with Crippen LogP contribution in [0.3, 0.4) is 0 Å². The summed E-state index contributed by atoms with van der Waals surface area (Å²) in [4.78, 5) is 13.4. The molecule has 0 radical (unpaired) electrons. The van der Waals surface area contributed by atoms with E-state index in [2.05, 4.69) is 47.3 Å². The summed E-state index contributed by atoms with van der Waals surface area (Å²) in [5.41, 5.74) is 6.01. The molecule has 0 fully saturated rings. The Morgan fingerprint density at radius 2 is 1.86 bits per heavy atom. The molecule has 0 bridgehead atoms. The molecule has 0 spiro atoms. The Balaban J connectivity index is 1.96. The third kappa shape index (κ3) is 1.90. The number of para-hydroxylation sites is 1. The Morgan fingerprint density at radius 3 is 2.68 bits per heavy atom. The fraction of sp³-hybridized carbons (Fsp3) is 0.118. The van der Waals surface area contributed by atoms with E-state index in [1.807, 2.05) is 16.5 Å². The van der Waals surface area contributed by atoms with Crippen molar-refractivity contribution in [2.45, 2.75) is 13.8 Å². The van der Waals surface area contributed by atoms with Crippen LogP contribution >= 0.6 is 0 Å². The van der Waals surface area contributed by atoms with Crippen LogP contribution in [0.2, 0.25) is 0 Å². The molecule has 0 aliphatic carbocycles. The molecule has 22 heavy (non-hydrogen) atoms. The molecular weight excluding hydrogens is 274 g/mol. The van der Waals surface area contributed by atoms with Crippen LogP contribution in [0.1, 0.15) is 11.1 Å². The van der Waals surface area contributed by atoms with Crippen LogP contribution in [0, 0.1) is 13.8 Å². The van der Waals surface area contributed by atoms with E-state index < -0.39 is 0 Å². The lowest BCUT2D eigenvalue weighted by Crippen LogP contribution is -2.02. The average Bonchev–Trinajstić information content (AvgIpc) is 3.01. The zero-order valence-corrected chi connectivity index (χ0v) is 12.4. The van der Waals surface area contributed by atoms with Gasteiger partial charge in [0.1, 0.15) is 17.4 Å². The highest BCUT2D eigenvalue weighted by molar-refractivity contribution is 5.84. The first-order valence-electron chi connectivity index (χ1n) is 7.14. The third-order valence-corrected chi connectivity index (χ3v) is 3.83. The molecule has 5 heteroatoms. The van der Waals surface area contributed by atoms with Gasteiger partial charge in [-0.3, -0.25) is 4.40 Å². The molecule has 0 saturated heterocycles. The number of hydrogen-bond donors (Lipinski definition) is 1. The normalized spacial score (nSPS) is 11.2. The number of pyridine rings is 1. The highest BCUT2D eigenvalue weighted by Gasteiger charge is 2.11. The van der Waals surface area contributed by atoms with Crippen molar-refractivity contribution in [2.75, 3.05) is 5.32 Å². The van der Waals surface area contributed by atoms with Gasteiger partial charge in [0, 0.05) is 11.9 Å². The third-order valence-electron chi connectivity index (χ3n) is 3.83. The largest absolute Gasteiger partial charge is 0.338 e. The Labute approximate surface area is 127 Å². The van der Waals surface area contributed by atoms with Gasteiger partial charge < -0.3 is 5.32 Å². The van der Waals surface area contributed by atoms with Crippen molar-refractivity contribution < 1.29 is 0 Å². The molecule has 4 rings (SSSR count). The number of rotatable bonds is 2. The van der Waals surface area contributed by atoms with E-state index >= 15 is 0 Å². The number of hydrogen-bond acceptors (Lipinski definition) is 4. The van der Waals surface area contributed by atoms with E-state index in [0.29, 0.717) is 0 Å². The van der Waals surface area contributed by atoms with Crippen molar-refractivity contribution in [1.82, 2.24) is 19.4 Å². The van der Waals surface area contributed by atoms with Gasteiger partial charge in [-0.1, -0.05) is 18.2 Å². The number of nitrogens with zero attached hydrogens (tertiary/aromatic N) is 4. The average molecular weight is 289 g/mol. The first-order valence-corrected chi connectivity index (χ1v) is 7.14. The Hall–Kier alpha value is -2.95. The Kier molecular flexibility index (Phi) is 2.79. The Bertz CT molecular complexity index is 967. The van der Waals surface area contributed by atoms with E-state index in [-0.39, 0.29) is 0 Å². The predicted molar refractivity (Wildman–Crippen MR) is 87.5 cm³/mol. The predicted octanol–water partition coefficient (Wildman–Crippen LogP) is 3.64. The van der Waals surface area contributed by atoms with E-state index in [9.17, 15) is 0 Å². The zero-order valence-electron chi connectivity index (χ0n) is 12.4. The summed E-state index contributed by atoms with van der Waals surface area (Å²) < 4.78 is 1.96. The summed E-state index contributed by atoms with van der Waals surface area (Å²) >= 11 is 0. The number of aromatic nitrogens is 4. The van der Waals surface area contributed by atoms with Crippen molar-refractivity contribution in [2.24, 2.45) is 0 Å². The molecule has 108 valence electrons. The van der Waals surface area contributed by atoms with E-state index in [4.69, 9.17) is 4.98 Å². The SMILES string of the molecule is Cc1cccc(C)c1Nc1nc2cccnc2n2cncc12. The van der Waals surface area contributed by atoms with Crippen LogP contribution in [-0.2, 0) is 0 Å². The molecule has 1 aromatic carbocycles. The second-order valence-corrected chi connectivity index (χ2v) is 5.35. The van der Waals surface area contributed by atoms with E-state index in [1.165, 1.54) is 11.1 Å². The molecular formula is C17H15N5. The molecule has 0 aliphatic rings. The summed E-state index contributed by atoms with van der Waals surface area (Å²) in [6, 6.07) is 10.1. The number of imidazole rings is 1. The number of aryl methyl sites for hydroxylation is 2. The smallest absolute Gasteiger partial charge is 0.164 e. The first-order chi connectivity index (χ1) is 10.7. The fourth-order valence-electron chi connectivity index (χ4n) is 2.70. The molecule has 0 amide bonds. The lowest BCUT2D eigenvalue weighted by Gasteiger charge is -2.13. The molecule has 4 aromatic rings. The summed E-state index contributed by atoms with van der Waals surface area (Å²) in [6.07, 6.45) is 5.33. The molecule has 1 N–H and O–H groups in total. The minimum Gasteiger partial charge on any atom is -0.338 e. The number of nitrogens with one attached hydrogen (secondary N) is 1. The fourth-order valence-corrected chi connectivity index (χ4v) is 2.70. The monoisotopic (exact) mass is 289 g/mol. The number of fused-ring (bicyclic) bond motifs is 3. The van der Waals surface area contributed by atoms with Crippen molar-refractivity contribution in [1.29, 1.82) is 0 Å². The van der Waals surface area contributed by atoms with Crippen LogP contribution in [0.5, 0.6) is 0 Å². The van der Waals surface area contributed by atoms with Crippen LogP contribution in [0.25, 0.3) is 16.7 Å². The number of anilines is 2. The Morgan fingerprint density at radius 1 is 1.05 bits per heavy atom. The highest BCUT2D eigenvalue weighted by atomic mass is 15.1. The second-order valence-electron chi connectivity index (χ2n) is 5.35. The maximum absolute atomic E-state index is 4.72. The second kappa shape index (κ2) is 4.80. The maximum Gasteiger partial charge on any atom is 0.164 e. The first kappa shape index (κ1) is 12.8. The molecule has 5 nitrogen and oxygen atoms in total. The minimum atomic E-state index is 0.787. The molecule has 0 aliphatic heterocycles. The molecule has 3 aromatic heterocycles. The standard InChI is InChI=1S/C17H15N5/c1-11-5-3-6-12(2)15(11)21-16-14-9-18-10-22(14)17-13(20-16)7-4-8-19-17/h3-10H,1-2H3,(H,20,21). The molecule has 3 heterocycles. The summed E-state index contributed by atoms with van der Waals surface area (Å²) in [6.45, 7) is 4.18. The molecule has 0 atom stereocenters. The van der Waals surface area contributed by atoms with Gasteiger partial charge in [0.2, 0.25) is 0 Å². The van der Waals surface area contributed by atoms with Gasteiger partial charge >= 0.3 is 0 Å². The van der Waals surface area contributed by atoms with Crippen LogP contribution in [-0.4, -0.2) is 19.4 Å². The van der Waals surface area contributed by atoms with Crippen LogP contribution < -0.4 is 5.32 Å². The van der Waals surface area contributed by atoms with Gasteiger partial charge in [-0.2, -0.15) is 0 Å². The molecule has 0 unspecified atom stereocenters. The minimum absolute atomic E-state index is 0.787.